The Hall–Kier alpha value is -2.89. The van der Waals surface area contributed by atoms with Crippen LogP contribution in [-0.4, -0.2) is 20.1 Å². The summed E-state index contributed by atoms with van der Waals surface area (Å²) in [6.45, 7) is 0.336. The number of aromatic hydroxyl groups is 1. The molecule has 106 valence electrons. The molecule has 0 spiro atoms. The fourth-order valence-electron chi connectivity index (χ4n) is 1.96. The molecule has 3 aromatic rings. The van der Waals surface area contributed by atoms with Crippen molar-refractivity contribution in [1.29, 1.82) is 0 Å². The van der Waals surface area contributed by atoms with Gasteiger partial charge in [0.05, 0.1) is 18.1 Å². The van der Waals surface area contributed by atoms with Crippen molar-refractivity contribution >= 4 is 5.69 Å². The lowest BCUT2D eigenvalue weighted by Crippen LogP contribution is -2.02. The van der Waals surface area contributed by atoms with Gasteiger partial charge < -0.3 is 10.4 Å². The Morgan fingerprint density at radius 2 is 1.76 bits per heavy atom. The first-order valence-electron chi connectivity index (χ1n) is 6.41. The van der Waals surface area contributed by atoms with Crippen molar-refractivity contribution in [3.8, 4) is 11.4 Å². The lowest BCUT2D eigenvalue weighted by Gasteiger charge is -2.09. The van der Waals surface area contributed by atoms with Crippen molar-refractivity contribution in [2.75, 3.05) is 5.32 Å². The molecule has 0 unspecified atom stereocenters. The van der Waals surface area contributed by atoms with E-state index in [2.05, 4.69) is 15.5 Å². The Kier molecular flexibility index (Phi) is 3.51. The second-order valence-corrected chi connectivity index (χ2v) is 4.47. The number of aromatic nitrogens is 3. The van der Waals surface area contributed by atoms with Crippen LogP contribution in [0.4, 0.5) is 10.1 Å². The molecule has 0 amide bonds. The highest BCUT2D eigenvalue weighted by atomic mass is 19.1. The summed E-state index contributed by atoms with van der Waals surface area (Å²) < 4.78 is 13.2. The van der Waals surface area contributed by atoms with Gasteiger partial charge in [-0.25, -0.2) is 4.39 Å². The van der Waals surface area contributed by atoms with Gasteiger partial charge in [-0.05, 0) is 30.3 Å². The highest BCUT2D eigenvalue weighted by Gasteiger charge is 2.06. The number of benzene rings is 2. The third-order valence-electron chi connectivity index (χ3n) is 3.07. The number of nitrogens with zero attached hydrogens (tertiary/aromatic N) is 3. The minimum Gasteiger partial charge on any atom is -0.505 e. The van der Waals surface area contributed by atoms with Gasteiger partial charge in [-0.3, -0.25) is 0 Å². The molecule has 1 aromatic heterocycles. The van der Waals surface area contributed by atoms with Gasteiger partial charge in [0, 0.05) is 17.8 Å². The molecule has 0 fully saturated rings. The molecule has 0 bridgehead atoms. The second-order valence-electron chi connectivity index (χ2n) is 4.47. The summed E-state index contributed by atoms with van der Waals surface area (Å²) in [5.41, 5.74) is 2.21. The van der Waals surface area contributed by atoms with E-state index in [1.165, 1.54) is 10.9 Å². The van der Waals surface area contributed by atoms with E-state index in [1.54, 1.807) is 24.5 Å². The molecule has 0 aliphatic carbocycles. The smallest absolute Gasteiger partial charge is 0.165 e. The first kappa shape index (κ1) is 13.1. The average molecular weight is 284 g/mol. The Bertz CT molecular complexity index is 726. The Morgan fingerprint density at radius 3 is 2.48 bits per heavy atom. The molecule has 0 aliphatic heterocycles. The first-order valence-corrected chi connectivity index (χ1v) is 6.41. The van der Waals surface area contributed by atoms with Crippen molar-refractivity contribution < 1.29 is 9.50 Å². The number of anilines is 1. The minimum atomic E-state index is -0.616. The number of rotatable bonds is 4. The molecule has 21 heavy (non-hydrogen) atoms. The number of phenolic OH excluding ortho intramolecular Hbond substituents is 1. The molecule has 0 atom stereocenters. The average Bonchev–Trinajstić information content (AvgIpc) is 3.04. The molecule has 6 heteroatoms. The van der Waals surface area contributed by atoms with E-state index in [4.69, 9.17) is 0 Å². The number of halogens is 1. The van der Waals surface area contributed by atoms with Crippen molar-refractivity contribution in [1.82, 2.24) is 15.0 Å². The highest BCUT2D eigenvalue weighted by Crippen LogP contribution is 2.22. The fraction of sp³-hybridized carbons (Fsp3) is 0.0667. The summed E-state index contributed by atoms with van der Waals surface area (Å²) in [6, 6.07) is 11.9. The van der Waals surface area contributed by atoms with Crippen molar-refractivity contribution in [3.05, 3.63) is 66.2 Å². The highest BCUT2D eigenvalue weighted by molar-refractivity contribution is 5.49. The summed E-state index contributed by atoms with van der Waals surface area (Å²) in [7, 11) is 0. The molecule has 0 saturated heterocycles. The van der Waals surface area contributed by atoms with Crippen LogP contribution in [-0.2, 0) is 6.54 Å². The molecule has 0 aliphatic rings. The number of hydrogen-bond acceptors (Lipinski definition) is 4. The van der Waals surface area contributed by atoms with E-state index in [1.807, 2.05) is 24.3 Å². The van der Waals surface area contributed by atoms with Gasteiger partial charge >= 0.3 is 0 Å². The SMILES string of the molecule is Oc1c(F)cccc1CNc1ccc(-n2nccn2)cc1. The maximum absolute atomic E-state index is 13.2. The van der Waals surface area contributed by atoms with Crippen LogP contribution in [0.1, 0.15) is 5.56 Å². The van der Waals surface area contributed by atoms with Gasteiger partial charge in [0.2, 0.25) is 0 Å². The van der Waals surface area contributed by atoms with Crippen LogP contribution in [0.15, 0.2) is 54.9 Å². The topological polar surface area (TPSA) is 63.0 Å². The van der Waals surface area contributed by atoms with Crippen LogP contribution in [0.2, 0.25) is 0 Å². The van der Waals surface area contributed by atoms with Crippen molar-refractivity contribution in [2.45, 2.75) is 6.54 Å². The Labute approximate surface area is 120 Å². The summed E-state index contributed by atoms with van der Waals surface area (Å²) in [6.07, 6.45) is 3.22. The lowest BCUT2D eigenvalue weighted by molar-refractivity contribution is 0.427. The van der Waals surface area contributed by atoms with Gasteiger partial charge in [-0.15, -0.1) is 0 Å². The summed E-state index contributed by atoms with van der Waals surface area (Å²) >= 11 is 0. The third kappa shape index (κ3) is 2.84. The number of nitrogens with one attached hydrogen (secondary N) is 1. The molecule has 0 saturated carbocycles. The van der Waals surface area contributed by atoms with Crippen LogP contribution in [0.3, 0.4) is 0 Å². The standard InChI is InChI=1S/C15H13FN4O/c16-14-3-1-2-11(15(14)21)10-17-12-4-6-13(7-5-12)20-18-8-9-19-20/h1-9,17,21H,10H2. The van der Waals surface area contributed by atoms with Crippen molar-refractivity contribution in [3.63, 3.8) is 0 Å². The lowest BCUT2D eigenvalue weighted by atomic mass is 10.2. The van der Waals surface area contributed by atoms with Gasteiger partial charge in [-0.2, -0.15) is 15.0 Å². The van der Waals surface area contributed by atoms with Gasteiger partial charge in [-0.1, -0.05) is 12.1 Å². The monoisotopic (exact) mass is 284 g/mol. The quantitative estimate of drug-likeness (QED) is 0.773. The predicted octanol–water partition coefficient (Wildman–Crippen LogP) is 2.72. The van der Waals surface area contributed by atoms with Crippen LogP contribution in [0.25, 0.3) is 5.69 Å². The number of para-hydroxylation sites is 1. The molecule has 5 nitrogen and oxygen atoms in total. The zero-order valence-corrected chi connectivity index (χ0v) is 11.1. The minimum absolute atomic E-state index is 0.317. The van der Waals surface area contributed by atoms with E-state index in [0.29, 0.717) is 12.1 Å². The molecule has 2 aromatic carbocycles. The van der Waals surface area contributed by atoms with Crippen LogP contribution >= 0.6 is 0 Å². The Morgan fingerprint density at radius 1 is 1.05 bits per heavy atom. The van der Waals surface area contributed by atoms with Gasteiger partial charge in [0.25, 0.3) is 0 Å². The van der Waals surface area contributed by atoms with Crippen LogP contribution in [0, 0.1) is 5.82 Å². The summed E-state index contributed by atoms with van der Waals surface area (Å²) in [5, 5.41) is 20.8. The van der Waals surface area contributed by atoms with Crippen LogP contribution < -0.4 is 5.32 Å². The van der Waals surface area contributed by atoms with E-state index >= 15 is 0 Å². The van der Waals surface area contributed by atoms with E-state index in [-0.39, 0.29) is 5.75 Å². The second kappa shape index (κ2) is 5.62. The van der Waals surface area contributed by atoms with E-state index < -0.39 is 5.82 Å². The maximum Gasteiger partial charge on any atom is 0.165 e. The molecule has 2 N–H and O–H groups in total. The zero-order valence-electron chi connectivity index (χ0n) is 11.1. The molecule has 0 radical (unpaired) electrons. The van der Waals surface area contributed by atoms with Crippen LogP contribution in [0.5, 0.6) is 5.75 Å². The third-order valence-corrected chi connectivity index (χ3v) is 3.07. The molecule has 1 heterocycles. The maximum atomic E-state index is 13.2. The Balaban J connectivity index is 1.70. The fourth-order valence-corrected chi connectivity index (χ4v) is 1.96. The number of phenols is 1. The van der Waals surface area contributed by atoms with E-state index in [0.717, 1.165) is 11.4 Å². The number of hydrogen-bond donors (Lipinski definition) is 2. The van der Waals surface area contributed by atoms with Crippen molar-refractivity contribution in [2.24, 2.45) is 0 Å². The summed E-state index contributed by atoms with van der Waals surface area (Å²) in [4.78, 5) is 1.52. The van der Waals surface area contributed by atoms with E-state index in [9.17, 15) is 9.50 Å². The predicted molar refractivity (Wildman–Crippen MR) is 76.8 cm³/mol. The summed E-state index contributed by atoms with van der Waals surface area (Å²) in [5.74, 6) is -0.934. The zero-order chi connectivity index (χ0) is 14.7. The largest absolute Gasteiger partial charge is 0.505 e. The first-order chi connectivity index (χ1) is 10.2. The molecular formula is C15H13FN4O. The van der Waals surface area contributed by atoms with Gasteiger partial charge in [0.15, 0.2) is 11.6 Å². The van der Waals surface area contributed by atoms with Gasteiger partial charge in [0.1, 0.15) is 0 Å². The normalized spacial score (nSPS) is 10.5. The molecular weight excluding hydrogens is 271 g/mol. The molecule has 3 rings (SSSR count).